The Morgan fingerprint density at radius 2 is 1.25 bits per heavy atom. The van der Waals surface area contributed by atoms with Gasteiger partial charge >= 0.3 is 5.97 Å². The van der Waals surface area contributed by atoms with Crippen LogP contribution in [-0.2, 0) is 9.53 Å². The molecule has 2 aliphatic carbocycles. The summed E-state index contributed by atoms with van der Waals surface area (Å²) in [5.41, 5.74) is 0.554. The lowest BCUT2D eigenvalue weighted by Crippen LogP contribution is -2.26. The minimum absolute atomic E-state index is 0.0984. The molecule has 0 amide bonds. The number of benzene rings is 2. The zero-order chi connectivity index (χ0) is 25.8. The quantitative estimate of drug-likeness (QED) is 0.226. The Morgan fingerprint density at radius 1 is 0.750 bits per heavy atom. The molecule has 0 saturated heterocycles. The van der Waals surface area contributed by atoms with E-state index in [1.807, 2.05) is 0 Å². The van der Waals surface area contributed by atoms with Gasteiger partial charge in [0.15, 0.2) is 23.1 Å². The van der Waals surface area contributed by atoms with Crippen LogP contribution in [0.4, 0.5) is 17.6 Å². The van der Waals surface area contributed by atoms with Crippen molar-refractivity contribution in [2.75, 3.05) is 13.7 Å². The first-order valence-corrected chi connectivity index (χ1v) is 12.7. The van der Waals surface area contributed by atoms with Gasteiger partial charge < -0.3 is 14.2 Å². The number of halogens is 4. The summed E-state index contributed by atoms with van der Waals surface area (Å²) in [7, 11) is 1.65. The maximum atomic E-state index is 14.8. The zero-order valence-corrected chi connectivity index (χ0v) is 20.6. The Bertz CT molecular complexity index is 1070. The fourth-order valence-electron chi connectivity index (χ4n) is 5.51. The predicted molar refractivity (Wildman–Crippen MR) is 126 cm³/mol. The number of esters is 1. The zero-order valence-electron chi connectivity index (χ0n) is 20.6. The lowest BCUT2D eigenvalue weighted by Gasteiger charge is -2.29. The van der Waals surface area contributed by atoms with Gasteiger partial charge in [-0.25, -0.2) is 8.78 Å². The van der Waals surface area contributed by atoms with Crippen molar-refractivity contribution in [3.63, 3.8) is 0 Å². The van der Waals surface area contributed by atoms with Crippen LogP contribution in [0.2, 0.25) is 0 Å². The highest BCUT2D eigenvalue weighted by atomic mass is 19.2. The molecule has 2 saturated carbocycles. The van der Waals surface area contributed by atoms with Gasteiger partial charge in [-0.1, -0.05) is 12.1 Å². The molecular weight excluding hydrogens is 476 g/mol. The third kappa shape index (κ3) is 5.53. The van der Waals surface area contributed by atoms with Crippen LogP contribution in [0.5, 0.6) is 11.5 Å². The molecule has 36 heavy (non-hydrogen) atoms. The molecule has 4 nitrogen and oxygen atoms in total. The first kappa shape index (κ1) is 26.5. The van der Waals surface area contributed by atoms with E-state index in [-0.39, 0.29) is 35.9 Å². The lowest BCUT2D eigenvalue weighted by molar-refractivity contribution is -0.140. The molecule has 8 heteroatoms. The van der Waals surface area contributed by atoms with Crippen LogP contribution in [0.3, 0.4) is 0 Å². The summed E-state index contributed by atoms with van der Waals surface area (Å²) >= 11 is 0. The minimum atomic E-state index is -1.16. The largest absolute Gasteiger partial charge is 0.491 e. The second-order valence-electron chi connectivity index (χ2n) is 9.67. The van der Waals surface area contributed by atoms with E-state index in [0.29, 0.717) is 44.1 Å². The topological polar surface area (TPSA) is 44.8 Å². The molecule has 2 aliphatic rings. The summed E-state index contributed by atoms with van der Waals surface area (Å²) in [6.45, 7) is 1.92. The average Bonchev–Trinajstić information content (AvgIpc) is 2.90. The van der Waals surface area contributed by atoms with Crippen molar-refractivity contribution >= 4 is 5.97 Å². The molecule has 196 valence electrons. The number of methoxy groups -OCH3 is 1. The smallest absolute Gasteiger partial charge is 0.314 e. The third-order valence-electron chi connectivity index (χ3n) is 7.61. The predicted octanol–water partition coefficient (Wildman–Crippen LogP) is 7.19. The molecule has 2 aromatic rings. The highest BCUT2D eigenvalue weighted by Crippen LogP contribution is 2.40. The van der Waals surface area contributed by atoms with E-state index in [4.69, 9.17) is 14.2 Å². The van der Waals surface area contributed by atoms with E-state index in [1.165, 1.54) is 24.3 Å². The van der Waals surface area contributed by atoms with E-state index in [1.54, 1.807) is 14.0 Å². The molecule has 0 radical (unpaired) electrons. The normalized spacial score (nSPS) is 24.4. The minimum Gasteiger partial charge on any atom is -0.491 e. The van der Waals surface area contributed by atoms with Gasteiger partial charge in [0.25, 0.3) is 0 Å². The van der Waals surface area contributed by atoms with Gasteiger partial charge in [0.05, 0.1) is 18.6 Å². The molecular formula is C28H32F4O4. The van der Waals surface area contributed by atoms with Crippen molar-refractivity contribution in [3.8, 4) is 11.5 Å². The van der Waals surface area contributed by atoms with E-state index >= 15 is 0 Å². The summed E-state index contributed by atoms with van der Waals surface area (Å²) in [5.74, 6) is -6.13. The summed E-state index contributed by atoms with van der Waals surface area (Å²) in [6.07, 6.45) is 4.78. The van der Waals surface area contributed by atoms with Crippen LogP contribution in [0.15, 0.2) is 24.3 Å². The number of carbonyl (C=O) groups is 1. The maximum absolute atomic E-state index is 14.8. The Balaban J connectivity index is 1.36. The summed E-state index contributed by atoms with van der Waals surface area (Å²) in [4.78, 5) is 12.7. The molecule has 2 aromatic carbocycles. The van der Waals surface area contributed by atoms with Crippen molar-refractivity contribution in [2.24, 2.45) is 5.92 Å². The summed E-state index contributed by atoms with van der Waals surface area (Å²) < 4.78 is 74.1. The van der Waals surface area contributed by atoms with Crippen LogP contribution in [0, 0.1) is 29.2 Å². The third-order valence-corrected chi connectivity index (χ3v) is 7.61. The highest BCUT2D eigenvalue weighted by Gasteiger charge is 2.32. The number of rotatable bonds is 7. The number of ether oxygens (including phenoxy) is 3. The van der Waals surface area contributed by atoms with Crippen LogP contribution in [0.25, 0.3) is 0 Å². The van der Waals surface area contributed by atoms with Crippen molar-refractivity contribution in [1.82, 2.24) is 0 Å². The number of carbonyl (C=O) groups excluding carboxylic acids is 1. The first-order valence-electron chi connectivity index (χ1n) is 12.7. The van der Waals surface area contributed by atoms with Gasteiger partial charge in [-0.3, -0.25) is 4.79 Å². The van der Waals surface area contributed by atoms with E-state index in [2.05, 4.69) is 0 Å². The molecule has 4 rings (SSSR count). The van der Waals surface area contributed by atoms with Crippen molar-refractivity contribution in [1.29, 1.82) is 0 Å². The van der Waals surface area contributed by atoms with Crippen molar-refractivity contribution < 1.29 is 36.6 Å². The maximum Gasteiger partial charge on any atom is 0.314 e. The molecule has 0 bridgehead atoms. The van der Waals surface area contributed by atoms with E-state index in [0.717, 1.165) is 12.8 Å². The molecule has 0 spiro atoms. The van der Waals surface area contributed by atoms with Crippen LogP contribution in [0.1, 0.15) is 81.3 Å². The molecule has 0 aliphatic heterocycles. The first-order chi connectivity index (χ1) is 17.3. The van der Waals surface area contributed by atoms with E-state index < -0.39 is 40.9 Å². The Labute approximate surface area is 208 Å². The second kappa shape index (κ2) is 11.6. The fraction of sp³-hybridized carbons (Fsp3) is 0.536. The molecule has 0 heterocycles. The molecule has 0 unspecified atom stereocenters. The van der Waals surface area contributed by atoms with E-state index in [9.17, 15) is 22.4 Å². The fourth-order valence-corrected chi connectivity index (χ4v) is 5.51. The monoisotopic (exact) mass is 508 g/mol. The molecule has 0 N–H and O–H groups in total. The standard InChI is InChI=1S/C28H32F4O4/c1-3-35-22-14-12-20(24(29)26(22)31)16-4-6-18(7-5-16)28(33)36-23-15-13-21(25(30)27(23)32)17-8-10-19(34-2)11-9-17/h12-19H,3-11H2,1-2H3. The van der Waals surface area contributed by atoms with Crippen molar-refractivity contribution in [2.45, 2.75) is 76.2 Å². The number of hydrogen-bond acceptors (Lipinski definition) is 4. The molecule has 0 aromatic heterocycles. The summed E-state index contributed by atoms with van der Waals surface area (Å²) in [5, 5.41) is 0. The van der Waals surface area contributed by atoms with Crippen LogP contribution >= 0.6 is 0 Å². The molecule has 2 fully saturated rings. The lowest BCUT2D eigenvalue weighted by atomic mass is 9.78. The Morgan fingerprint density at radius 3 is 1.78 bits per heavy atom. The van der Waals surface area contributed by atoms with Crippen LogP contribution in [-0.4, -0.2) is 25.8 Å². The number of hydrogen-bond donors (Lipinski definition) is 0. The van der Waals surface area contributed by atoms with Gasteiger partial charge in [-0.05, 0) is 93.4 Å². The van der Waals surface area contributed by atoms with Crippen molar-refractivity contribution in [3.05, 3.63) is 58.7 Å². The van der Waals surface area contributed by atoms with Gasteiger partial charge in [0, 0.05) is 7.11 Å². The molecule has 0 atom stereocenters. The van der Waals surface area contributed by atoms with Gasteiger partial charge in [-0.15, -0.1) is 0 Å². The van der Waals surface area contributed by atoms with Gasteiger partial charge in [0.2, 0.25) is 11.6 Å². The Kier molecular flexibility index (Phi) is 8.54. The highest BCUT2D eigenvalue weighted by molar-refractivity contribution is 5.75. The van der Waals surface area contributed by atoms with Crippen LogP contribution < -0.4 is 9.47 Å². The van der Waals surface area contributed by atoms with Gasteiger partial charge in [-0.2, -0.15) is 8.78 Å². The average molecular weight is 509 g/mol. The second-order valence-corrected chi connectivity index (χ2v) is 9.67. The Hall–Kier alpha value is -2.61. The van der Waals surface area contributed by atoms with Gasteiger partial charge in [0.1, 0.15) is 0 Å². The summed E-state index contributed by atoms with van der Waals surface area (Å²) in [6, 6.07) is 5.76. The SMILES string of the molecule is CCOc1ccc(C2CCC(C(=O)Oc3ccc(C4CCC(OC)CC4)c(F)c3F)CC2)c(F)c1F.